The fourth-order valence-electron chi connectivity index (χ4n) is 4.15. The fraction of sp³-hybridized carbons (Fsp3) is 0.526. The Labute approximate surface area is 142 Å². The Morgan fingerprint density at radius 2 is 2.04 bits per heavy atom. The van der Waals surface area contributed by atoms with Crippen molar-refractivity contribution < 1.29 is 9.13 Å². The molecule has 2 aliphatic heterocycles. The van der Waals surface area contributed by atoms with E-state index in [2.05, 4.69) is 21.7 Å². The average Bonchev–Trinajstić information content (AvgIpc) is 2.99. The van der Waals surface area contributed by atoms with E-state index in [1.807, 2.05) is 12.1 Å². The summed E-state index contributed by atoms with van der Waals surface area (Å²) in [6.45, 7) is 7.97. The average molecular weight is 329 g/mol. The van der Waals surface area contributed by atoms with Crippen molar-refractivity contribution in [3.63, 3.8) is 0 Å². The molecule has 4 rings (SSSR count). The van der Waals surface area contributed by atoms with Gasteiger partial charge in [-0.1, -0.05) is 6.07 Å². The first-order chi connectivity index (χ1) is 11.7. The second-order valence-electron chi connectivity index (χ2n) is 6.82. The SMILES string of the molecule is C[C@@H]1[C@H](N2CCOCC2)CCN1Cc1ccc(F)c2cccnc12. The van der Waals surface area contributed by atoms with Crippen LogP contribution >= 0.6 is 0 Å². The number of benzene rings is 1. The summed E-state index contributed by atoms with van der Waals surface area (Å²) in [6, 6.07) is 8.15. The molecule has 3 heterocycles. The zero-order valence-corrected chi connectivity index (χ0v) is 14.1. The van der Waals surface area contributed by atoms with Gasteiger partial charge in [0, 0.05) is 49.8 Å². The first kappa shape index (κ1) is 15.9. The summed E-state index contributed by atoms with van der Waals surface area (Å²) >= 11 is 0. The lowest BCUT2D eigenvalue weighted by molar-refractivity contribution is 0.00985. The molecule has 1 aromatic carbocycles. The Balaban J connectivity index is 1.53. The van der Waals surface area contributed by atoms with E-state index in [9.17, 15) is 4.39 Å². The number of nitrogens with zero attached hydrogens (tertiary/aromatic N) is 3. The Morgan fingerprint density at radius 1 is 1.21 bits per heavy atom. The van der Waals surface area contributed by atoms with E-state index in [1.54, 1.807) is 18.3 Å². The maximum atomic E-state index is 14.0. The van der Waals surface area contributed by atoms with Gasteiger partial charge < -0.3 is 4.74 Å². The predicted molar refractivity (Wildman–Crippen MR) is 92.4 cm³/mol. The van der Waals surface area contributed by atoms with Crippen molar-refractivity contribution in [2.24, 2.45) is 0 Å². The normalized spacial score (nSPS) is 26.2. The lowest BCUT2D eigenvalue weighted by Gasteiger charge is -2.36. The second-order valence-corrected chi connectivity index (χ2v) is 6.82. The van der Waals surface area contributed by atoms with Crippen LogP contribution in [0.4, 0.5) is 4.39 Å². The van der Waals surface area contributed by atoms with Crippen LogP contribution in [0.15, 0.2) is 30.5 Å². The zero-order chi connectivity index (χ0) is 16.5. The second kappa shape index (κ2) is 6.75. The molecule has 5 heteroatoms. The van der Waals surface area contributed by atoms with E-state index in [-0.39, 0.29) is 5.82 Å². The highest BCUT2D eigenvalue weighted by atomic mass is 19.1. The highest BCUT2D eigenvalue weighted by Crippen LogP contribution is 2.27. The Hall–Kier alpha value is -1.56. The molecule has 1 aromatic heterocycles. The van der Waals surface area contributed by atoms with Gasteiger partial charge in [0.2, 0.25) is 0 Å². The summed E-state index contributed by atoms with van der Waals surface area (Å²) in [5.41, 5.74) is 1.90. The molecule has 0 radical (unpaired) electrons. The van der Waals surface area contributed by atoms with Gasteiger partial charge in [-0.15, -0.1) is 0 Å². The summed E-state index contributed by atoms with van der Waals surface area (Å²) in [5, 5.41) is 0.617. The van der Waals surface area contributed by atoms with Gasteiger partial charge in [-0.3, -0.25) is 14.8 Å². The van der Waals surface area contributed by atoms with Gasteiger partial charge in [0.25, 0.3) is 0 Å². The molecule has 2 saturated heterocycles. The molecular formula is C19H24FN3O. The molecule has 0 amide bonds. The van der Waals surface area contributed by atoms with Gasteiger partial charge in [0.1, 0.15) is 5.82 Å². The molecule has 0 spiro atoms. The van der Waals surface area contributed by atoms with Gasteiger partial charge in [-0.05, 0) is 37.1 Å². The lowest BCUT2D eigenvalue weighted by Crippen LogP contribution is -2.48. The minimum absolute atomic E-state index is 0.192. The molecule has 2 aromatic rings. The van der Waals surface area contributed by atoms with Crippen molar-refractivity contribution >= 4 is 10.9 Å². The van der Waals surface area contributed by atoms with Crippen molar-refractivity contribution in [1.29, 1.82) is 0 Å². The molecule has 2 fully saturated rings. The summed E-state index contributed by atoms with van der Waals surface area (Å²) in [7, 11) is 0. The van der Waals surface area contributed by atoms with Crippen LogP contribution in [0, 0.1) is 5.82 Å². The van der Waals surface area contributed by atoms with Crippen molar-refractivity contribution in [2.75, 3.05) is 32.8 Å². The number of rotatable bonds is 3. The first-order valence-electron chi connectivity index (χ1n) is 8.82. The summed E-state index contributed by atoms with van der Waals surface area (Å²) in [5.74, 6) is -0.192. The molecule has 24 heavy (non-hydrogen) atoms. The van der Waals surface area contributed by atoms with Crippen LogP contribution in [0.5, 0.6) is 0 Å². The molecule has 0 unspecified atom stereocenters. The summed E-state index contributed by atoms with van der Waals surface area (Å²) in [6.07, 6.45) is 2.93. The van der Waals surface area contributed by atoms with Gasteiger partial charge in [0.15, 0.2) is 0 Å². The van der Waals surface area contributed by atoms with Gasteiger partial charge in [-0.2, -0.15) is 0 Å². The molecular weight excluding hydrogens is 305 g/mol. The maximum absolute atomic E-state index is 14.0. The van der Waals surface area contributed by atoms with Crippen LogP contribution in [-0.4, -0.2) is 59.7 Å². The Morgan fingerprint density at radius 3 is 2.88 bits per heavy atom. The van der Waals surface area contributed by atoms with Crippen LogP contribution in [-0.2, 0) is 11.3 Å². The van der Waals surface area contributed by atoms with Crippen molar-refractivity contribution in [2.45, 2.75) is 32.0 Å². The van der Waals surface area contributed by atoms with Gasteiger partial charge in [0.05, 0.1) is 18.7 Å². The van der Waals surface area contributed by atoms with Crippen molar-refractivity contribution in [1.82, 2.24) is 14.8 Å². The third kappa shape index (κ3) is 2.92. The van der Waals surface area contributed by atoms with Crippen LogP contribution < -0.4 is 0 Å². The molecule has 0 saturated carbocycles. The first-order valence-corrected chi connectivity index (χ1v) is 8.82. The number of morpholine rings is 1. The van der Waals surface area contributed by atoms with E-state index in [0.29, 0.717) is 17.5 Å². The minimum Gasteiger partial charge on any atom is -0.379 e. The number of aromatic nitrogens is 1. The van der Waals surface area contributed by atoms with E-state index >= 15 is 0 Å². The number of hydrogen-bond donors (Lipinski definition) is 0. The van der Waals surface area contributed by atoms with Gasteiger partial charge >= 0.3 is 0 Å². The van der Waals surface area contributed by atoms with Crippen molar-refractivity contribution in [3.8, 4) is 0 Å². The molecule has 0 aliphatic carbocycles. The summed E-state index contributed by atoms with van der Waals surface area (Å²) < 4.78 is 19.5. The Bertz CT molecular complexity index is 717. The largest absolute Gasteiger partial charge is 0.379 e. The number of halogens is 1. The van der Waals surface area contributed by atoms with E-state index in [4.69, 9.17) is 4.74 Å². The van der Waals surface area contributed by atoms with Crippen LogP contribution in [0.25, 0.3) is 10.9 Å². The van der Waals surface area contributed by atoms with E-state index in [0.717, 1.165) is 50.5 Å². The zero-order valence-electron chi connectivity index (χ0n) is 14.1. The third-order valence-corrected chi connectivity index (χ3v) is 5.53. The molecule has 0 bridgehead atoms. The minimum atomic E-state index is -0.192. The predicted octanol–water partition coefficient (Wildman–Crippen LogP) is 2.67. The number of fused-ring (bicyclic) bond motifs is 1. The Kier molecular flexibility index (Phi) is 4.48. The smallest absolute Gasteiger partial charge is 0.132 e. The number of hydrogen-bond acceptors (Lipinski definition) is 4. The topological polar surface area (TPSA) is 28.6 Å². The monoisotopic (exact) mass is 329 g/mol. The van der Waals surface area contributed by atoms with E-state index in [1.165, 1.54) is 6.42 Å². The standard InChI is InChI=1S/C19H24FN3O/c1-14-18(22-9-11-24-12-10-22)6-8-23(14)13-15-4-5-17(20)16-3-2-7-21-19(15)16/h2-5,7,14,18H,6,8-13H2,1H3/t14-,18-/m1/s1. The highest BCUT2D eigenvalue weighted by molar-refractivity contribution is 5.82. The summed E-state index contributed by atoms with van der Waals surface area (Å²) in [4.78, 5) is 9.49. The maximum Gasteiger partial charge on any atom is 0.132 e. The van der Waals surface area contributed by atoms with Crippen LogP contribution in [0.3, 0.4) is 0 Å². The molecule has 0 N–H and O–H groups in total. The fourth-order valence-corrected chi connectivity index (χ4v) is 4.15. The van der Waals surface area contributed by atoms with Crippen LogP contribution in [0.2, 0.25) is 0 Å². The number of likely N-dealkylation sites (tertiary alicyclic amines) is 1. The van der Waals surface area contributed by atoms with Crippen LogP contribution in [0.1, 0.15) is 18.9 Å². The molecule has 2 aliphatic rings. The third-order valence-electron chi connectivity index (χ3n) is 5.53. The number of ether oxygens (including phenoxy) is 1. The number of pyridine rings is 1. The molecule has 128 valence electrons. The van der Waals surface area contributed by atoms with Crippen molar-refractivity contribution in [3.05, 3.63) is 41.8 Å². The highest BCUT2D eigenvalue weighted by Gasteiger charge is 2.35. The van der Waals surface area contributed by atoms with Gasteiger partial charge in [-0.25, -0.2) is 4.39 Å². The molecule has 2 atom stereocenters. The molecule has 4 nitrogen and oxygen atoms in total. The lowest BCUT2D eigenvalue weighted by atomic mass is 10.1. The van der Waals surface area contributed by atoms with E-state index < -0.39 is 0 Å². The quantitative estimate of drug-likeness (QED) is 0.866.